The van der Waals surface area contributed by atoms with Gasteiger partial charge in [-0.05, 0) is 54.4 Å². The number of rotatable bonds is 14. The summed E-state index contributed by atoms with van der Waals surface area (Å²) in [4.78, 5) is 0. The molecule has 0 atom stereocenters. The number of hydrogen-bond acceptors (Lipinski definition) is 1. The molecule has 3 heteroatoms. The summed E-state index contributed by atoms with van der Waals surface area (Å²) in [7, 11) is 0. The first kappa shape index (κ1) is 26.7. The first-order chi connectivity index (χ1) is 16.6. The van der Waals surface area contributed by atoms with Gasteiger partial charge in [0.05, 0.1) is 6.61 Å². The molecular weight excluding hydrogens is 426 g/mol. The normalized spacial score (nSPS) is 18.2. The lowest BCUT2D eigenvalue weighted by atomic mass is 9.79. The van der Waals surface area contributed by atoms with E-state index in [-0.39, 0.29) is 5.92 Å². The number of unbranched alkanes of at least 4 members (excludes halogenated alkanes) is 9. The number of benzene rings is 2. The highest BCUT2D eigenvalue weighted by atomic mass is 19.2. The molecule has 0 bridgehead atoms. The van der Waals surface area contributed by atoms with Crippen LogP contribution >= 0.6 is 0 Å². The smallest absolute Gasteiger partial charge is 0.166 e. The van der Waals surface area contributed by atoms with Gasteiger partial charge in [0.15, 0.2) is 11.6 Å². The zero-order valence-electron chi connectivity index (χ0n) is 21.4. The lowest BCUT2D eigenvalue weighted by Crippen LogP contribution is -2.13. The minimum Gasteiger partial charge on any atom is -0.494 e. The van der Waals surface area contributed by atoms with Crippen LogP contribution in [-0.2, 0) is 0 Å². The molecular formula is C31H44F2O. The molecule has 3 rings (SSSR count). The summed E-state index contributed by atoms with van der Waals surface area (Å²) < 4.78 is 35.7. The Kier molecular flexibility index (Phi) is 11.4. The number of halogens is 2. The molecule has 1 saturated carbocycles. The highest BCUT2D eigenvalue weighted by Gasteiger charge is 2.25. The van der Waals surface area contributed by atoms with Crippen molar-refractivity contribution < 1.29 is 13.5 Å². The van der Waals surface area contributed by atoms with Crippen LogP contribution < -0.4 is 4.74 Å². The van der Waals surface area contributed by atoms with Crippen molar-refractivity contribution >= 4 is 0 Å². The monoisotopic (exact) mass is 470 g/mol. The predicted octanol–water partition coefficient (Wildman–Crippen LogP) is 10.2. The van der Waals surface area contributed by atoms with Crippen LogP contribution in [0, 0.1) is 17.6 Å². The zero-order valence-corrected chi connectivity index (χ0v) is 21.4. The fraction of sp³-hybridized carbons (Fsp3) is 0.613. The second kappa shape index (κ2) is 14.5. The second-order valence-corrected chi connectivity index (χ2v) is 10.3. The van der Waals surface area contributed by atoms with Crippen LogP contribution in [0.2, 0.25) is 0 Å². The Labute approximate surface area is 206 Å². The van der Waals surface area contributed by atoms with Gasteiger partial charge < -0.3 is 4.74 Å². The summed E-state index contributed by atoms with van der Waals surface area (Å²) in [6.07, 6.45) is 17.1. The molecule has 0 amide bonds. The molecule has 0 spiro atoms. The molecule has 34 heavy (non-hydrogen) atoms. The fourth-order valence-electron chi connectivity index (χ4n) is 5.18. The topological polar surface area (TPSA) is 9.23 Å². The first-order valence-electron chi connectivity index (χ1n) is 13.8. The summed E-state index contributed by atoms with van der Waals surface area (Å²) in [5.41, 5.74) is 1.56. The highest BCUT2D eigenvalue weighted by Crippen LogP contribution is 2.38. The van der Waals surface area contributed by atoms with Gasteiger partial charge in [-0.3, -0.25) is 0 Å². The van der Waals surface area contributed by atoms with E-state index in [0.717, 1.165) is 37.9 Å². The highest BCUT2D eigenvalue weighted by molar-refractivity contribution is 5.65. The van der Waals surface area contributed by atoms with E-state index in [0.29, 0.717) is 29.2 Å². The molecule has 0 radical (unpaired) electrons. The third kappa shape index (κ3) is 8.10. The van der Waals surface area contributed by atoms with Crippen LogP contribution in [0.15, 0.2) is 36.4 Å². The third-order valence-corrected chi connectivity index (χ3v) is 7.50. The van der Waals surface area contributed by atoms with Crippen LogP contribution in [-0.4, -0.2) is 6.61 Å². The molecule has 0 N–H and O–H groups in total. The van der Waals surface area contributed by atoms with Crippen molar-refractivity contribution in [3.8, 4) is 16.9 Å². The van der Waals surface area contributed by atoms with Crippen LogP contribution in [0.25, 0.3) is 11.1 Å². The molecule has 2 aromatic rings. The van der Waals surface area contributed by atoms with Crippen LogP contribution in [0.5, 0.6) is 5.75 Å². The van der Waals surface area contributed by atoms with Crippen LogP contribution in [0.1, 0.15) is 115 Å². The van der Waals surface area contributed by atoms with Gasteiger partial charge in [-0.1, -0.05) is 109 Å². The van der Waals surface area contributed by atoms with Crippen molar-refractivity contribution in [2.75, 3.05) is 6.61 Å². The summed E-state index contributed by atoms with van der Waals surface area (Å²) in [6.45, 7) is 5.20. The Bertz CT molecular complexity index is 837. The average molecular weight is 471 g/mol. The summed E-state index contributed by atoms with van der Waals surface area (Å²) in [6, 6.07) is 10.9. The van der Waals surface area contributed by atoms with Crippen molar-refractivity contribution in [3.63, 3.8) is 0 Å². The quantitative estimate of drug-likeness (QED) is 0.250. The van der Waals surface area contributed by atoms with Crippen LogP contribution in [0.3, 0.4) is 0 Å². The fourth-order valence-corrected chi connectivity index (χ4v) is 5.18. The van der Waals surface area contributed by atoms with Crippen molar-refractivity contribution in [2.24, 2.45) is 5.92 Å². The Hall–Kier alpha value is -1.90. The molecule has 0 saturated heterocycles. The van der Waals surface area contributed by atoms with E-state index < -0.39 is 11.6 Å². The molecule has 0 unspecified atom stereocenters. The van der Waals surface area contributed by atoms with Gasteiger partial charge in [-0.25, -0.2) is 8.78 Å². The first-order valence-corrected chi connectivity index (χ1v) is 13.8. The van der Waals surface area contributed by atoms with Gasteiger partial charge >= 0.3 is 0 Å². The largest absolute Gasteiger partial charge is 0.494 e. The molecule has 0 aliphatic heterocycles. The average Bonchev–Trinajstić information content (AvgIpc) is 2.85. The maximum Gasteiger partial charge on any atom is 0.166 e. The van der Waals surface area contributed by atoms with Gasteiger partial charge in [-0.15, -0.1) is 0 Å². The van der Waals surface area contributed by atoms with E-state index in [1.165, 1.54) is 57.8 Å². The molecule has 2 aromatic carbocycles. The molecule has 1 fully saturated rings. The van der Waals surface area contributed by atoms with Gasteiger partial charge in [-0.2, -0.15) is 0 Å². The number of ether oxygens (including phenoxy) is 1. The van der Waals surface area contributed by atoms with E-state index in [9.17, 15) is 8.78 Å². The minimum absolute atomic E-state index is 0.140. The van der Waals surface area contributed by atoms with Crippen molar-refractivity contribution in [2.45, 2.75) is 110 Å². The van der Waals surface area contributed by atoms with Gasteiger partial charge in [0.2, 0.25) is 0 Å². The standard InChI is InChI=1S/C31H44F2O/c1-3-4-5-6-7-8-9-10-11-12-23-34-27-19-17-26(18-20-27)29-22-21-28(30(32)31(29)33)25-15-13-24(2)14-16-25/h17-22,24-25H,3-16,23H2,1-2H3. The number of hydrogen-bond donors (Lipinski definition) is 0. The summed E-state index contributed by atoms with van der Waals surface area (Å²) in [5.74, 6) is 0.220. The van der Waals surface area contributed by atoms with Crippen LogP contribution in [0.4, 0.5) is 8.78 Å². The Balaban J connectivity index is 1.41. The van der Waals surface area contributed by atoms with E-state index in [4.69, 9.17) is 4.74 Å². The van der Waals surface area contributed by atoms with Crippen molar-refractivity contribution in [1.29, 1.82) is 0 Å². The predicted molar refractivity (Wildman–Crippen MR) is 140 cm³/mol. The lowest BCUT2D eigenvalue weighted by Gasteiger charge is -2.27. The summed E-state index contributed by atoms with van der Waals surface area (Å²) in [5, 5.41) is 0. The van der Waals surface area contributed by atoms with Gasteiger partial charge in [0.1, 0.15) is 5.75 Å². The SMILES string of the molecule is CCCCCCCCCCCCOc1ccc(-c2ccc(C3CCC(C)CC3)c(F)c2F)cc1. The molecule has 1 nitrogen and oxygen atoms in total. The maximum atomic E-state index is 14.9. The van der Waals surface area contributed by atoms with E-state index >= 15 is 0 Å². The van der Waals surface area contributed by atoms with E-state index in [1.807, 2.05) is 24.3 Å². The summed E-state index contributed by atoms with van der Waals surface area (Å²) >= 11 is 0. The molecule has 1 aliphatic carbocycles. The third-order valence-electron chi connectivity index (χ3n) is 7.50. The molecule has 0 aromatic heterocycles. The Morgan fingerprint density at radius 3 is 1.91 bits per heavy atom. The van der Waals surface area contributed by atoms with Crippen molar-refractivity contribution in [3.05, 3.63) is 53.6 Å². The minimum atomic E-state index is -0.727. The van der Waals surface area contributed by atoms with Gasteiger partial charge in [0, 0.05) is 5.56 Å². The molecule has 1 aliphatic rings. The van der Waals surface area contributed by atoms with Crippen molar-refractivity contribution in [1.82, 2.24) is 0 Å². The van der Waals surface area contributed by atoms with E-state index in [1.54, 1.807) is 12.1 Å². The van der Waals surface area contributed by atoms with Gasteiger partial charge in [0.25, 0.3) is 0 Å². The zero-order chi connectivity index (χ0) is 24.2. The van der Waals surface area contributed by atoms with E-state index in [2.05, 4.69) is 13.8 Å². The maximum absolute atomic E-state index is 14.9. The molecule has 188 valence electrons. The molecule has 0 heterocycles. The Morgan fingerprint density at radius 2 is 1.29 bits per heavy atom. The lowest BCUT2D eigenvalue weighted by molar-refractivity contribution is 0.304. The second-order valence-electron chi connectivity index (χ2n) is 10.3. The Morgan fingerprint density at radius 1 is 0.706 bits per heavy atom.